The summed E-state index contributed by atoms with van der Waals surface area (Å²) in [6, 6.07) is 3.77. The van der Waals surface area contributed by atoms with Crippen LogP contribution in [0.2, 0.25) is 0 Å². The molecule has 5 aliphatic rings. The van der Waals surface area contributed by atoms with E-state index >= 15 is 0 Å². The second-order valence-corrected chi connectivity index (χ2v) is 10.1. The molecule has 1 spiro atoms. The number of hydrogen-bond acceptors (Lipinski definition) is 4. The van der Waals surface area contributed by atoms with Gasteiger partial charge in [0.15, 0.2) is 23.4 Å². The Balaban J connectivity index is 0.00000171. The van der Waals surface area contributed by atoms with Gasteiger partial charge in [0, 0.05) is 30.2 Å². The van der Waals surface area contributed by atoms with Crippen LogP contribution < -0.4 is 4.74 Å². The maximum absolute atomic E-state index is 13.1. The molecule has 2 aliphatic heterocycles. The highest BCUT2D eigenvalue weighted by molar-refractivity contribution is 5.91. The average molecular weight is 386 g/mol. The zero-order valence-electron chi connectivity index (χ0n) is 17.1. The molecule has 1 unspecified atom stereocenters. The van der Waals surface area contributed by atoms with E-state index in [2.05, 4.69) is 7.05 Å². The molecule has 3 fully saturated rings. The van der Waals surface area contributed by atoms with Gasteiger partial charge in [0.25, 0.3) is 0 Å². The van der Waals surface area contributed by atoms with Crippen LogP contribution in [0.15, 0.2) is 12.1 Å². The van der Waals surface area contributed by atoms with Gasteiger partial charge in [0.1, 0.15) is 11.6 Å². The van der Waals surface area contributed by atoms with Gasteiger partial charge in [0.05, 0.1) is 25.6 Å². The van der Waals surface area contributed by atoms with E-state index in [1.807, 2.05) is 13.0 Å². The third kappa shape index (κ3) is 1.88. The largest absolute Gasteiger partial charge is 0.504 e. The highest BCUT2D eigenvalue weighted by Crippen LogP contribution is 2.66. The van der Waals surface area contributed by atoms with Gasteiger partial charge in [-0.1, -0.05) is 13.0 Å². The number of hydrogen-bond donors (Lipinski definition) is 2. The number of piperidine rings is 1. The summed E-state index contributed by atoms with van der Waals surface area (Å²) in [5.41, 5.74) is 0.440. The van der Waals surface area contributed by atoms with Crippen LogP contribution in [0, 0.1) is 19.3 Å². The predicted molar refractivity (Wildman–Crippen MR) is 105 cm³/mol. The molecule has 2 saturated carbocycles. The number of likely N-dealkylation sites (tertiary alicyclic amines) is 1. The lowest BCUT2D eigenvalue weighted by Gasteiger charge is -2.65. The molecule has 1 aromatic carbocycles. The molecule has 1 aromatic rings. The highest BCUT2D eigenvalue weighted by atomic mass is 16.5. The van der Waals surface area contributed by atoms with E-state index in [0.717, 1.165) is 47.5 Å². The summed E-state index contributed by atoms with van der Waals surface area (Å²) in [5, 5.41) is 22.8. The van der Waals surface area contributed by atoms with Crippen LogP contribution in [0.25, 0.3) is 0 Å². The van der Waals surface area contributed by atoms with Crippen molar-refractivity contribution in [3.05, 3.63) is 30.7 Å². The summed E-state index contributed by atoms with van der Waals surface area (Å²) in [5.74, 6) is 1.19. The Labute approximate surface area is 166 Å². The van der Waals surface area contributed by atoms with Crippen molar-refractivity contribution in [2.45, 2.75) is 62.2 Å². The first-order chi connectivity index (χ1) is 12.8. The van der Waals surface area contributed by atoms with E-state index in [1.54, 1.807) is 6.07 Å². The van der Waals surface area contributed by atoms with Crippen molar-refractivity contribution in [1.29, 1.82) is 0 Å². The molecule has 5 nitrogen and oxygen atoms in total. The molecule has 1 saturated heterocycles. The molecule has 6 atom stereocenters. The minimum Gasteiger partial charge on any atom is -0.504 e. The van der Waals surface area contributed by atoms with E-state index < -0.39 is 17.1 Å². The van der Waals surface area contributed by atoms with Crippen molar-refractivity contribution in [1.82, 2.24) is 0 Å². The van der Waals surface area contributed by atoms with E-state index in [-0.39, 0.29) is 30.9 Å². The number of rotatable bonds is 2. The fourth-order valence-corrected chi connectivity index (χ4v) is 7.21. The van der Waals surface area contributed by atoms with Crippen molar-refractivity contribution in [2.75, 3.05) is 20.1 Å². The number of Topliss-reactive ketones (excluding diaryl/α,β-unsaturated/α-hetero) is 1. The molecule has 0 aromatic heterocycles. The summed E-state index contributed by atoms with van der Waals surface area (Å²) in [6.45, 7) is 4.01. The molecule has 2 bridgehead atoms. The second-order valence-electron chi connectivity index (χ2n) is 10.1. The molecule has 3 aliphatic carbocycles. The summed E-state index contributed by atoms with van der Waals surface area (Å²) in [7, 11) is 2.31. The third-order valence-corrected chi connectivity index (χ3v) is 8.59. The van der Waals surface area contributed by atoms with Crippen LogP contribution in [-0.2, 0) is 16.6 Å². The summed E-state index contributed by atoms with van der Waals surface area (Å²) < 4.78 is 7.05. The van der Waals surface area contributed by atoms with Crippen LogP contribution in [0.3, 0.4) is 0 Å². The number of carbonyl (C=O) groups excluding carboxylic acids is 1. The number of ether oxygens (including phenoxy) is 1. The van der Waals surface area contributed by atoms with Gasteiger partial charge < -0.3 is 26.9 Å². The number of likely N-dealkylation sites (N-methyl/N-ethyl adjacent to an activating group) is 1. The molecule has 0 radical (unpaired) electrons. The van der Waals surface area contributed by atoms with E-state index in [4.69, 9.17) is 4.74 Å². The van der Waals surface area contributed by atoms with E-state index in [0.29, 0.717) is 12.2 Å². The monoisotopic (exact) mass is 385 g/mol. The lowest BCUT2D eigenvalue weighted by atomic mass is 9.47. The number of ketones is 1. The number of carbonyl (C=O) groups is 1. The Morgan fingerprint density at radius 1 is 1.32 bits per heavy atom. The summed E-state index contributed by atoms with van der Waals surface area (Å²) in [4.78, 5) is 13.1. The molecular weight excluding hydrogens is 354 g/mol. The number of aromatic hydroxyl groups is 1. The molecule has 2 N–H and O–H groups in total. The minimum atomic E-state index is -0.959. The first-order valence-corrected chi connectivity index (χ1v) is 10.4. The lowest BCUT2D eigenvalue weighted by molar-refractivity contribution is -0.950. The topological polar surface area (TPSA) is 66.8 Å². The fraction of sp³-hybridized carbons (Fsp3) is 0.652. The van der Waals surface area contributed by atoms with Gasteiger partial charge in [0.2, 0.25) is 0 Å². The van der Waals surface area contributed by atoms with Crippen molar-refractivity contribution in [3.8, 4) is 11.5 Å². The number of quaternary nitrogens is 1. The number of phenols is 1. The Morgan fingerprint density at radius 3 is 2.79 bits per heavy atom. The van der Waals surface area contributed by atoms with E-state index in [1.165, 1.54) is 12.8 Å². The molecule has 28 heavy (non-hydrogen) atoms. The van der Waals surface area contributed by atoms with Crippen molar-refractivity contribution in [2.24, 2.45) is 11.8 Å². The lowest BCUT2D eigenvalue weighted by Crippen LogP contribution is -2.81. The zero-order chi connectivity index (χ0) is 18.8. The van der Waals surface area contributed by atoms with Gasteiger partial charge in [-0.15, -0.1) is 0 Å². The van der Waals surface area contributed by atoms with Gasteiger partial charge >= 0.3 is 0 Å². The van der Waals surface area contributed by atoms with Gasteiger partial charge in [-0.3, -0.25) is 4.79 Å². The first kappa shape index (κ1) is 18.4. The molecule has 6 rings (SSSR count). The Kier molecular flexibility index (Phi) is 3.50. The smallest absolute Gasteiger partial charge is 0.177 e. The average Bonchev–Trinajstić information content (AvgIpc) is 3.34. The van der Waals surface area contributed by atoms with Crippen molar-refractivity contribution >= 4 is 5.78 Å². The normalized spacial score (nSPS) is 45.1. The molecule has 152 valence electrons. The SMILES string of the molecule is CC1C[C@@]2(O)[C@H]3Cc4ccc(O)c5c4[C@@]2(CC[N@+]3(C)CC2CC2)[C@@H](O5)C1=O.[CH3-]. The molecular formula is C23H31NO4. The predicted octanol–water partition coefficient (Wildman–Crippen LogP) is 2.37. The maximum Gasteiger partial charge on any atom is 0.177 e. The first-order valence-electron chi connectivity index (χ1n) is 10.4. The summed E-state index contributed by atoms with van der Waals surface area (Å²) >= 11 is 0. The Morgan fingerprint density at radius 2 is 2.07 bits per heavy atom. The highest BCUT2D eigenvalue weighted by Gasteiger charge is 2.77. The van der Waals surface area contributed by atoms with Crippen LogP contribution >= 0.6 is 0 Å². The zero-order valence-corrected chi connectivity index (χ0v) is 17.1. The number of phenolic OH excluding ortho intramolecular Hbond substituents is 1. The van der Waals surface area contributed by atoms with Gasteiger partial charge in [-0.05, 0) is 30.9 Å². The van der Waals surface area contributed by atoms with Gasteiger partial charge in [-0.2, -0.15) is 0 Å². The number of aliphatic hydroxyl groups is 1. The number of benzene rings is 1. The quantitative estimate of drug-likeness (QED) is 0.606. The van der Waals surface area contributed by atoms with Crippen molar-refractivity contribution in [3.63, 3.8) is 0 Å². The second kappa shape index (κ2) is 5.31. The number of nitrogens with zero attached hydrogens (tertiary/aromatic N) is 1. The maximum atomic E-state index is 13.1. The molecule has 0 amide bonds. The van der Waals surface area contributed by atoms with Gasteiger partial charge in [-0.25, -0.2) is 0 Å². The Bertz CT molecular complexity index is 880. The van der Waals surface area contributed by atoms with Crippen LogP contribution in [0.4, 0.5) is 0 Å². The summed E-state index contributed by atoms with van der Waals surface area (Å²) in [6.07, 6.45) is 3.99. The van der Waals surface area contributed by atoms with Crippen LogP contribution in [0.1, 0.15) is 43.7 Å². The standard InChI is InChI=1S/C22H27NO4.CH3/c1-12-10-22(26)16-9-14-5-6-15(24)19-17(14)21(22,20(27-19)18(12)25)7-8-23(16,2)11-13-3-4-13;/h5-6,12-13,16,20,26H,3-4,7-11H2,1-2H3;1H3/q;-1/p+1/t12?,16-,20+,21+,22-,23-;/m1./s1. The van der Waals surface area contributed by atoms with Crippen LogP contribution in [-0.4, -0.2) is 58.4 Å². The third-order valence-electron chi connectivity index (χ3n) is 8.59. The molecule has 2 heterocycles. The molecule has 5 heteroatoms. The fourth-order valence-electron chi connectivity index (χ4n) is 7.21. The minimum absolute atomic E-state index is 0. The van der Waals surface area contributed by atoms with Crippen molar-refractivity contribution < 1.29 is 24.2 Å². The van der Waals surface area contributed by atoms with Crippen LogP contribution in [0.5, 0.6) is 11.5 Å². The Hall–Kier alpha value is -1.59. The van der Waals surface area contributed by atoms with E-state index in [9.17, 15) is 15.0 Å².